The van der Waals surface area contributed by atoms with Crippen molar-refractivity contribution in [1.82, 2.24) is 0 Å². The zero-order valence-corrected chi connectivity index (χ0v) is 20.7. The van der Waals surface area contributed by atoms with Crippen LogP contribution in [-0.4, -0.2) is 0 Å². The number of hydrogen-bond donors (Lipinski definition) is 0. The summed E-state index contributed by atoms with van der Waals surface area (Å²) in [7, 11) is 0. The molecule has 0 nitrogen and oxygen atoms in total. The van der Waals surface area contributed by atoms with Crippen LogP contribution in [0.3, 0.4) is 0 Å². The second-order valence-corrected chi connectivity index (χ2v) is 10.9. The van der Waals surface area contributed by atoms with Gasteiger partial charge in [0.25, 0.3) is 0 Å². The molecule has 0 aromatic heterocycles. The van der Waals surface area contributed by atoms with Crippen molar-refractivity contribution in [2.24, 2.45) is 5.92 Å². The molecule has 0 amide bonds. The minimum absolute atomic E-state index is 0.167. The van der Waals surface area contributed by atoms with E-state index in [1.54, 1.807) is 0 Å². The van der Waals surface area contributed by atoms with Crippen LogP contribution in [0, 0.1) is 12.8 Å². The highest BCUT2D eigenvalue weighted by Crippen LogP contribution is 2.50. The molecular weight excluding hydrogens is 428 g/mol. The maximum atomic E-state index is 4.59. The maximum Gasteiger partial charge on any atom is 0.0235 e. The van der Waals surface area contributed by atoms with Crippen LogP contribution in [0.2, 0.25) is 0 Å². The number of hydrogen-bond acceptors (Lipinski definition) is 1. The Hall–Kier alpha value is -3.03. The van der Waals surface area contributed by atoms with E-state index in [0.717, 1.165) is 12.8 Å². The van der Waals surface area contributed by atoms with Crippen molar-refractivity contribution < 1.29 is 0 Å². The summed E-state index contributed by atoms with van der Waals surface area (Å²) >= 11 is 1.92. The molecule has 1 heteroatoms. The summed E-state index contributed by atoms with van der Waals surface area (Å²) in [6.07, 6.45) is 1.80. The summed E-state index contributed by atoms with van der Waals surface area (Å²) in [5.41, 5.74) is 5.58. The van der Waals surface area contributed by atoms with Gasteiger partial charge in [0, 0.05) is 15.2 Å². The summed E-state index contributed by atoms with van der Waals surface area (Å²) in [5, 5.41) is 5.24. The first-order valence-electron chi connectivity index (χ1n) is 12.2. The molecule has 5 aromatic carbocycles. The van der Waals surface area contributed by atoms with Gasteiger partial charge in [-0.1, -0.05) is 105 Å². The highest BCUT2D eigenvalue weighted by Gasteiger charge is 2.40. The molecule has 0 aliphatic carbocycles. The van der Waals surface area contributed by atoms with Crippen LogP contribution >= 0.6 is 11.8 Å². The van der Waals surface area contributed by atoms with Crippen molar-refractivity contribution in [3.8, 4) is 0 Å². The minimum atomic E-state index is -0.167. The molecule has 0 saturated carbocycles. The number of rotatable bonds is 4. The molecule has 1 aliphatic rings. The molecule has 1 aliphatic heterocycles. The van der Waals surface area contributed by atoms with E-state index in [1.807, 2.05) is 11.8 Å². The van der Waals surface area contributed by atoms with E-state index in [0.29, 0.717) is 5.92 Å². The van der Waals surface area contributed by atoms with Gasteiger partial charge in [-0.25, -0.2) is 0 Å². The van der Waals surface area contributed by atoms with Gasteiger partial charge < -0.3 is 0 Å². The normalized spacial score (nSPS) is 14.7. The Kier molecular flexibility index (Phi) is 5.26. The highest BCUT2D eigenvalue weighted by molar-refractivity contribution is 7.99. The van der Waals surface area contributed by atoms with E-state index in [4.69, 9.17) is 0 Å². The van der Waals surface area contributed by atoms with Crippen molar-refractivity contribution >= 4 is 33.3 Å². The molecule has 167 valence electrons. The maximum absolute atomic E-state index is 4.59. The molecule has 0 bridgehead atoms. The van der Waals surface area contributed by atoms with Gasteiger partial charge >= 0.3 is 0 Å². The Morgan fingerprint density at radius 3 is 2.18 bits per heavy atom. The molecule has 1 atom stereocenters. The fourth-order valence-corrected chi connectivity index (χ4v) is 7.11. The first-order chi connectivity index (χ1) is 16.6. The van der Waals surface area contributed by atoms with Gasteiger partial charge in [-0.3, -0.25) is 0 Å². The number of fused-ring (bicyclic) bond motifs is 4. The summed E-state index contributed by atoms with van der Waals surface area (Å²) < 4.78 is 0. The van der Waals surface area contributed by atoms with Crippen LogP contribution in [0.4, 0.5) is 0 Å². The lowest BCUT2D eigenvalue weighted by molar-refractivity contribution is 0.372. The predicted octanol–water partition coefficient (Wildman–Crippen LogP) is 9.21. The van der Waals surface area contributed by atoms with E-state index < -0.39 is 0 Å². The fraction of sp³-hybridized carbons (Fsp3) is 0.182. The second kappa shape index (κ2) is 8.32. The fourth-order valence-electron chi connectivity index (χ4n) is 6.00. The third kappa shape index (κ3) is 3.21. The van der Waals surface area contributed by atoms with Gasteiger partial charge in [0.2, 0.25) is 0 Å². The average molecular weight is 458 g/mol. The average Bonchev–Trinajstić information content (AvgIpc) is 2.87. The molecule has 0 fully saturated rings. The van der Waals surface area contributed by atoms with Gasteiger partial charge in [-0.15, -0.1) is 0 Å². The Labute approximate surface area is 207 Å². The zero-order chi connectivity index (χ0) is 23.3. The van der Waals surface area contributed by atoms with Gasteiger partial charge in [0.1, 0.15) is 0 Å². The van der Waals surface area contributed by atoms with Crippen LogP contribution in [-0.2, 0) is 11.8 Å². The molecular formula is C33H29S. The quantitative estimate of drug-likeness (QED) is 0.238. The third-order valence-corrected chi connectivity index (χ3v) is 9.00. The van der Waals surface area contributed by atoms with Crippen LogP contribution in [0.25, 0.3) is 21.5 Å². The predicted molar refractivity (Wildman–Crippen MR) is 147 cm³/mol. The van der Waals surface area contributed by atoms with Crippen LogP contribution in [0.5, 0.6) is 0 Å². The third-order valence-electron chi connectivity index (χ3n) is 7.78. The molecule has 1 radical (unpaired) electrons. The van der Waals surface area contributed by atoms with Crippen LogP contribution in [0.1, 0.15) is 42.5 Å². The Bertz CT molecular complexity index is 1530. The Morgan fingerprint density at radius 2 is 1.38 bits per heavy atom. The summed E-state index contributed by atoms with van der Waals surface area (Å²) in [5.74, 6) is 0.399. The molecule has 0 spiro atoms. The van der Waals surface area contributed by atoms with Crippen molar-refractivity contribution in [3.63, 3.8) is 0 Å². The van der Waals surface area contributed by atoms with Gasteiger partial charge in [-0.2, -0.15) is 0 Å². The minimum Gasteiger partial charge on any atom is -0.0895 e. The molecule has 0 saturated heterocycles. The summed E-state index contributed by atoms with van der Waals surface area (Å²) in [6.45, 7) is 9.33. The molecule has 6 rings (SSSR count). The highest BCUT2D eigenvalue weighted by atomic mass is 32.2. The SMILES string of the molecule is [CH2]CC(c1cccc2c1Cc1ccccc1S2)(c1cccc2cc3ccccc3cc12)C(C)C. The zero-order valence-electron chi connectivity index (χ0n) is 19.8. The Morgan fingerprint density at radius 1 is 0.735 bits per heavy atom. The monoisotopic (exact) mass is 457 g/mol. The topological polar surface area (TPSA) is 0 Å². The van der Waals surface area contributed by atoms with Crippen molar-refractivity contribution in [2.45, 2.75) is 41.9 Å². The number of benzene rings is 5. The standard InChI is InChI=1S/C33H29S/c1-4-33(22(2)3,29-15-9-14-25-19-23-11-5-6-12-24(23)20-27(25)29)30-16-10-18-32-28(30)21-26-13-7-8-17-31(26)34-32/h5-20,22H,1,4,21H2,2-3H3. The van der Waals surface area contributed by atoms with E-state index in [2.05, 4.69) is 118 Å². The molecule has 1 unspecified atom stereocenters. The molecule has 0 N–H and O–H groups in total. The lowest BCUT2D eigenvalue weighted by atomic mass is 9.62. The van der Waals surface area contributed by atoms with Gasteiger partial charge in [0.15, 0.2) is 0 Å². The lowest BCUT2D eigenvalue weighted by Gasteiger charge is -2.41. The van der Waals surface area contributed by atoms with Gasteiger partial charge in [0.05, 0.1) is 0 Å². The first kappa shape index (κ1) is 21.5. The van der Waals surface area contributed by atoms with Crippen LogP contribution < -0.4 is 0 Å². The van der Waals surface area contributed by atoms with Crippen molar-refractivity contribution in [3.05, 3.63) is 126 Å². The van der Waals surface area contributed by atoms with Crippen molar-refractivity contribution in [2.75, 3.05) is 0 Å². The van der Waals surface area contributed by atoms with E-state index >= 15 is 0 Å². The molecule has 1 heterocycles. The largest absolute Gasteiger partial charge is 0.0895 e. The Balaban J connectivity index is 1.63. The lowest BCUT2D eigenvalue weighted by Crippen LogP contribution is -2.35. The molecule has 34 heavy (non-hydrogen) atoms. The second-order valence-electron chi connectivity index (χ2n) is 9.77. The smallest absolute Gasteiger partial charge is 0.0235 e. The summed E-state index contributed by atoms with van der Waals surface area (Å²) in [6, 6.07) is 36.0. The summed E-state index contributed by atoms with van der Waals surface area (Å²) in [4.78, 5) is 2.77. The van der Waals surface area contributed by atoms with E-state index in [1.165, 1.54) is 53.6 Å². The van der Waals surface area contributed by atoms with Crippen molar-refractivity contribution in [1.29, 1.82) is 0 Å². The van der Waals surface area contributed by atoms with E-state index in [9.17, 15) is 0 Å². The van der Waals surface area contributed by atoms with Crippen LogP contribution in [0.15, 0.2) is 107 Å². The molecule has 5 aromatic rings. The van der Waals surface area contributed by atoms with Gasteiger partial charge in [-0.05, 0) is 86.8 Å². The van der Waals surface area contributed by atoms with E-state index in [-0.39, 0.29) is 5.41 Å². The first-order valence-corrected chi connectivity index (χ1v) is 13.0.